The summed E-state index contributed by atoms with van der Waals surface area (Å²) in [6.07, 6.45) is -3.45. The van der Waals surface area contributed by atoms with E-state index in [1.54, 1.807) is 58.7 Å². The number of Topliss-reactive ketones (excluding diaryl/α,β-unsaturated/α-hetero) is 2. The molecule has 1 aromatic carbocycles. The summed E-state index contributed by atoms with van der Waals surface area (Å²) in [5.74, 6) is -5.64. The van der Waals surface area contributed by atoms with Gasteiger partial charge in [0.1, 0.15) is 35.8 Å². The first-order chi connectivity index (χ1) is 32.7. The summed E-state index contributed by atoms with van der Waals surface area (Å²) >= 11 is 0. The predicted octanol–water partition coefficient (Wildman–Crippen LogP) is 3.41. The van der Waals surface area contributed by atoms with Crippen molar-refractivity contribution in [3.05, 3.63) is 35.9 Å². The largest absolute Gasteiger partial charge is 0.458 e. The molecule has 6 aliphatic heterocycles. The van der Waals surface area contributed by atoms with Crippen LogP contribution in [0.5, 0.6) is 0 Å². The molecule has 5 fully saturated rings. The molecule has 0 saturated carbocycles. The van der Waals surface area contributed by atoms with Gasteiger partial charge < -0.3 is 58.8 Å². The minimum absolute atomic E-state index is 0.0863. The molecule has 0 spiro atoms. The number of carbonyl (C=O) groups excluding carboxylic acids is 5. The van der Waals surface area contributed by atoms with Crippen molar-refractivity contribution in [3.63, 3.8) is 0 Å². The number of aliphatic hydroxyl groups excluding tert-OH is 1. The van der Waals surface area contributed by atoms with E-state index in [4.69, 9.17) is 33.2 Å². The van der Waals surface area contributed by atoms with Gasteiger partial charge in [-0.2, -0.15) is 0 Å². The highest BCUT2D eigenvalue weighted by atomic mass is 19.1. The van der Waals surface area contributed by atoms with E-state index in [9.17, 15) is 29.1 Å². The number of likely N-dealkylation sites (N-methyl/N-ethyl adjacent to an activating group) is 1. The van der Waals surface area contributed by atoms with Crippen LogP contribution in [0.3, 0.4) is 0 Å². The SMILES string of the molecule is CC[C@H]1OC(=O)[C@H](C)C(=O)[C@H](C)[C@@H](O[C@@H]2O[C@H](C)C[C@H](N(C)CCC3=CN(C[C@H]4CN(c5ccc(N6CCOCC6)c(F)c5)C(=O)O4)NN3)[C@H]2O)[C@](C)(OC)C[C@@H](C)C(=O)[C@@H](C)[C@H]2NC(=O)O[C@@]21C. The first-order valence-electron chi connectivity index (χ1n) is 24.3. The van der Waals surface area contributed by atoms with Crippen LogP contribution in [0.15, 0.2) is 30.1 Å². The maximum atomic E-state index is 15.2. The van der Waals surface area contributed by atoms with Gasteiger partial charge in [-0.05, 0) is 72.2 Å². The fourth-order valence-electron chi connectivity index (χ4n) is 11.0. The molecule has 6 heterocycles. The molecular formula is C48H72FN7O13. The van der Waals surface area contributed by atoms with Crippen molar-refractivity contribution in [2.75, 3.05) is 69.9 Å². The second kappa shape index (κ2) is 21.4. The van der Waals surface area contributed by atoms with Crippen LogP contribution in [-0.4, -0.2) is 165 Å². The summed E-state index contributed by atoms with van der Waals surface area (Å²) < 4.78 is 57.1. The Morgan fingerprint density at radius 1 is 1.00 bits per heavy atom. The van der Waals surface area contributed by atoms with E-state index in [0.717, 1.165) is 5.70 Å². The van der Waals surface area contributed by atoms with Gasteiger partial charge >= 0.3 is 18.2 Å². The molecule has 1 aromatic rings. The third-order valence-electron chi connectivity index (χ3n) is 15.1. The predicted molar refractivity (Wildman–Crippen MR) is 248 cm³/mol. The number of esters is 1. The molecule has 21 heteroatoms. The van der Waals surface area contributed by atoms with Crippen LogP contribution < -0.4 is 26.1 Å². The zero-order chi connectivity index (χ0) is 50.1. The molecule has 7 rings (SSSR count). The number of alkyl carbamates (subject to hydrolysis) is 1. The van der Waals surface area contributed by atoms with E-state index >= 15 is 4.39 Å². The summed E-state index contributed by atoms with van der Waals surface area (Å²) in [5, 5.41) is 16.6. The second-order valence-corrected chi connectivity index (χ2v) is 20.0. The molecule has 6 aliphatic rings. The van der Waals surface area contributed by atoms with Crippen molar-refractivity contribution in [1.29, 1.82) is 0 Å². The number of amides is 2. The Balaban J connectivity index is 0.998. The first-order valence-corrected chi connectivity index (χ1v) is 24.3. The Morgan fingerprint density at radius 2 is 1.72 bits per heavy atom. The molecule has 69 heavy (non-hydrogen) atoms. The minimum atomic E-state index is -1.39. The maximum absolute atomic E-state index is 15.2. The number of fused-ring (bicyclic) bond motifs is 1. The summed E-state index contributed by atoms with van der Waals surface area (Å²) in [5.41, 5.74) is 5.29. The molecule has 0 bridgehead atoms. The number of hydrogen-bond acceptors (Lipinski definition) is 18. The number of hydrazine groups is 2. The quantitative estimate of drug-likeness (QED) is 0.134. The molecule has 14 atom stereocenters. The lowest BCUT2D eigenvalue weighted by molar-refractivity contribution is -0.296. The standard InChI is InChI=1S/C48H72FN7O13/c1-11-37-48(8)41(50-45(61)69-48)28(4)38(57)26(2)22-47(7,63-10)42(29(5)39(58)30(6)43(60)67-37)68-44-40(59)36(20-27(3)65-44)53(9)15-14-31-23-55(52-51-31)24-33-25-56(46(62)66-33)32-12-13-35(34(49)21-32)54-16-18-64-19-17-54/h12-13,21,23,26-30,33,36-37,40-42,44,51-52,59H,11,14-20,22,24-25H2,1-10H3,(H,50,61)/t26-,27-,28-,29+,30-,33+,36+,37-,40-,41-,42-,44+,47-,48-/m1/s1. The van der Waals surface area contributed by atoms with Gasteiger partial charge in [-0.1, -0.05) is 27.7 Å². The average Bonchev–Trinajstić information content (AvgIpc) is 4.03. The van der Waals surface area contributed by atoms with Crippen LogP contribution in [0, 0.1) is 29.5 Å². The van der Waals surface area contributed by atoms with Gasteiger partial charge in [-0.3, -0.25) is 24.3 Å². The summed E-state index contributed by atoms with van der Waals surface area (Å²) in [4.78, 5) is 73.4. The Labute approximate surface area is 403 Å². The van der Waals surface area contributed by atoms with Crippen LogP contribution in [0.4, 0.5) is 25.4 Å². The fourth-order valence-corrected chi connectivity index (χ4v) is 11.0. The number of nitrogens with one attached hydrogen (secondary N) is 3. The van der Waals surface area contributed by atoms with Gasteiger partial charge in [-0.15, -0.1) is 5.53 Å². The Hall–Kier alpha value is -4.64. The van der Waals surface area contributed by atoms with Crippen molar-refractivity contribution < 1.29 is 66.6 Å². The maximum Gasteiger partial charge on any atom is 0.414 e. The number of carbonyl (C=O) groups is 5. The van der Waals surface area contributed by atoms with Crippen molar-refractivity contribution >= 4 is 41.1 Å². The zero-order valence-corrected chi connectivity index (χ0v) is 41.5. The van der Waals surface area contributed by atoms with Crippen molar-refractivity contribution in [2.45, 2.75) is 141 Å². The lowest BCUT2D eigenvalue weighted by Crippen LogP contribution is -2.60. The van der Waals surface area contributed by atoms with Gasteiger partial charge in [0.2, 0.25) is 0 Å². The molecule has 2 amide bonds. The first kappa shape index (κ1) is 52.2. The summed E-state index contributed by atoms with van der Waals surface area (Å²) in [7, 11) is 3.36. The zero-order valence-electron chi connectivity index (χ0n) is 41.5. The van der Waals surface area contributed by atoms with E-state index in [2.05, 4.69) is 16.3 Å². The van der Waals surface area contributed by atoms with Gasteiger partial charge in [0.05, 0.1) is 61.5 Å². The van der Waals surface area contributed by atoms with Crippen molar-refractivity contribution in [1.82, 2.24) is 26.2 Å². The molecule has 0 radical (unpaired) electrons. The Bertz CT molecular complexity index is 2100. The number of nitrogens with zero attached hydrogens (tertiary/aromatic N) is 4. The van der Waals surface area contributed by atoms with Crippen LogP contribution >= 0.6 is 0 Å². The molecule has 5 saturated heterocycles. The van der Waals surface area contributed by atoms with E-state index < -0.39 is 107 Å². The molecule has 20 nitrogen and oxygen atoms in total. The second-order valence-electron chi connectivity index (χ2n) is 20.0. The molecule has 4 N–H and O–H groups in total. The number of ketones is 2. The number of rotatable bonds is 12. The number of methoxy groups -OCH3 is 1. The van der Waals surface area contributed by atoms with Gasteiger partial charge in [0.25, 0.3) is 0 Å². The minimum Gasteiger partial charge on any atom is -0.458 e. The third-order valence-corrected chi connectivity index (χ3v) is 15.1. The topological polar surface area (TPSA) is 219 Å². The lowest BCUT2D eigenvalue weighted by Gasteiger charge is -2.47. The summed E-state index contributed by atoms with van der Waals surface area (Å²) in [6, 6.07) is 3.49. The number of anilines is 2. The van der Waals surface area contributed by atoms with Crippen LogP contribution in [-0.2, 0) is 47.5 Å². The molecule has 0 unspecified atom stereocenters. The highest BCUT2D eigenvalue weighted by Crippen LogP contribution is 2.40. The molecule has 0 aliphatic carbocycles. The molecular weight excluding hydrogens is 902 g/mol. The fraction of sp³-hybridized carbons (Fsp3) is 0.729. The third kappa shape index (κ3) is 11.0. The number of morpholine rings is 1. The Morgan fingerprint density at radius 3 is 2.41 bits per heavy atom. The number of hydrogen-bond donors (Lipinski definition) is 4. The molecule has 384 valence electrons. The van der Waals surface area contributed by atoms with E-state index in [1.807, 2.05) is 30.0 Å². The number of aliphatic hydroxyl groups is 1. The van der Waals surface area contributed by atoms with E-state index in [-0.39, 0.29) is 31.3 Å². The smallest absolute Gasteiger partial charge is 0.414 e. The van der Waals surface area contributed by atoms with Gasteiger partial charge in [0, 0.05) is 68.9 Å². The van der Waals surface area contributed by atoms with Gasteiger partial charge in [-0.25, -0.2) is 14.0 Å². The average molecular weight is 974 g/mol. The van der Waals surface area contributed by atoms with Crippen molar-refractivity contribution in [3.8, 4) is 0 Å². The van der Waals surface area contributed by atoms with Crippen LogP contribution in [0.25, 0.3) is 0 Å². The normalized spacial score (nSPS) is 37.1. The van der Waals surface area contributed by atoms with Gasteiger partial charge in [0.15, 0.2) is 17.7 Å². The lowest BCUT2D eigenvalue weighted by atomic mass is 9.73. The number of halogens is 1. The summed E-state index contributed by atoms with van der Waals surface area (Å²) in [6.45, 7) is 16.9. The molecule has 0 aromatic heterocycles. The highest BCUT2D eigenvalue weighted by Gasteiger charge is 2.57. The number of ether oxygens (including phenoxy) is 7. The monoisotopic (exact) mass is 974 g/mol. The van der Waals surface area contributed by atoms with Crippen LogP contribution in [0.1, 0.15) is 81.1 Å². The van der Waals surface area contributed by atoms with Crippen molar-refractivity contribution in [2.24, 2.45) is 23.7 Å². The highest BCUT2D eigenvalue weighted by molar-refractivity contribution is 6.00. The van der Waals surface area contributed by atoms with Crippen LogP contribution in [0.2, 0.25) is 0 Å². The van der Waals surface area contributed by atoms with E-state index in [1.165, 1.54) is 25.0 Å². The Kier molecular flexibility index (Phi) is 16.2. The number of benzene rings is 1. The number of cyclic esters (lactones) is 2. The van der Waals surface area contributed by atoms with E-state index in [0.29, 0.717) is 63.6 Å².